The number of benzene rings is 2. The van der Waals surface area contributed by atoms with Crippen LogP contribution in [0.2, 0.25) is 0 Å². The van der Waals surface area contributed by atoms with E-state index in [9.17, 15) is 4.79 Å². The highest BCUT2D eigenvalue weighted by Gasteiger charge is 2.07. The summed E-state index contributed by atoms with van der Waals surface area (Å²) in [4.78, 5) is 18.3. The number of carbonyl (C=O) groups is 1. The average Bonchev–Trinajstić information content (AvgIpc) is 2.95. The summed E-state index contributed by atoms with van der Waals surface area (Å²) < 4.78 is 0. The Morgan fingerprint density at radius 3 is 2.73 bits per heavy atom. The van der Waals surface area contributed by atoms with Gasteiger partial charge in [-0.05, 0) is 35.9 Å². The molecule has 0 aliphatic rings. The highest BCUT2D eigenvalue weighted by Crippen LogP contribution is 2.17. The van der Waals surface area contributed by atoms with Gasteiger partial charge in [0.05, 0.1) is 28.2 Å². The molecule has 0 aliphatic heterocycles. The van der Waals surface area contributed by atoms with Crippen molar-refractivity contribution in [3.05, 3.63) is 59.2 Å². The van der Waals surface area contributed by atoms with Crippen molar-refractivity contribution in [2.24, 2.45) is 0 Å². The van der Waals surface area contributed by atoms with Crippen molar-refractivity contribution in [3.63, 3.8) is 0 Å². The molecule has 0 amide bonds. The summed E-state index contributed by atoms with van der Waals surface area (Å²) in [6.45, 7) is 0.553. The maximum Gasteiger partial charge on any atom is 0.335 e. The Kier molecular flexibility index (Phi) is 3.46. The van der Waals surface area contributed by atoms with Gasteiger partial charge in [0.15, 0.2) is 0 Å². The number of carboxylic acids is 1. The zero-order valence-electron chi connectivity index (χ0n) is 11.5. The van der Waals surface area contributed by atoms with Gasteiger partial charge < -0.3 is 15.4 Å². The van der Waals surface area contributed by atoms with Crippen molar-refractivity contribution >= 4 is 23.0 Å². The van der Waals surface area contributed by atoms with Gasteiger partial charge in [0.25, 0.3) is 0 Å². The Morgan fingerprint density at radius 2 is 2.05 bits per heavy atom. The van der Waals surface area contributed by atoms with E-state index in [2.05, 4.69) is 21.4 Å². The third kappa shape index (κ3) is 2.74. The normalized spacial score (nSPS) is 10.3. The number of nitrogens with zero attached hydrogens (tertiary/aromatic N) is 2. The highest BCUT2D eigenvalue weighted by atomic mass is 16.4. The molecule has 3 N–H and O–H groups in total. The smallest absolute Gasteiger partial charge is 0.335 e. The second-order valence-electron chi connectivity index (χ2n) is 4.78. The number of carboxylic acid groups (broad SMARTS) is 1. The van der Waals surface area contributed by atoms with Crippen LogP contribution in [0.3, 0.4) is 0 Å². The highest BCUT2D eigenvalue weighted by molar-refractivity contribution is 5.92. The molecule has 1 heterocycles. The molecule has 6 nitrogen and oxygen atoms in total. The fraction of sp³-hybridized carbons (Fsp3) is 0.0625. The monoisotopic (exact) mass is 292 g/mol. The SMILES string of the molecule is N#Cc1ccc(CNc2nc3ccc(C(=O)O)cc3[nH]2)cc1. The number of nitrogens with one attached hydrogen (secondary N) is 2. The van der Waals surface area contributed by atoms with Crippen LogP contribution >= 0.6 is 0 Å². The van der Waals surface area contributed by atoms with E-state index >= 15 is 0 Å². The fourth-order valence-corrected chi connectivity index (χ4v) is 2.11. The van der Waals surface area contributed by atoms with E-state index in [1.165, 1.54) is 6.07 Å². The largest absolute Gasteiger partial charge is 0.478 e. The van der Waals surface area contributed by atoms with Crippen LogP contribution in [-0.4, -0.2) is 21.0 Å². The van der Waals surface area contributed by atoms with Crippen molar-refractivity contribution in [2.45, 2.75) is 6.54 Å². The molecular formula is C16H12N4O2. The van der Waals surface area contributed by atoms with Crippen molar-refractivity contribution in [1.29, 1.82) is 5.26 Å². The number of fused-ring (bicyclic) bond motifs is 1. The number of H-pyrrole nitrogens is 1. The Morgan fingerprint density at radius 1 is 1.27 bits per heavy atom. The lowest BCUT2D eigenvalue weighted by molar-refractivity contribution is 0.0697. The van der Waals surface area contributed by atoms with Crippen LogP contribution in [-0.2, 0) is 6.54 Å². The second-order valence-corrected chi connectivity index (χ2v) is 4.78. The predicted octanol–water partition coefficient (Wildman–Crippen LogP) is 2.74. The summed E-state index contributed by atoms with van der Waals surface area (Å²) in [5.74, 6) is -0.398. The van der Waals surface area contributed by atoms with Gasteiger partial charge in [0.1, 0.15) is 0 Å². The van der Waals surface area contributed by atoms with E-state index in [0.717, 1.165) is 5.56 Å². The first-order chi connectivity index (χ1) is 10.7. The topological polar surface area (TPSA) is 102 Å². The van der Waals surface area contributed by atoms with Gasteiger partial charge >= 0.3 is 5.97 Å². The van der Waals surface area contributed by atoms with Gasteiger partial charge in [-0.2, -0.15) is 5.26 Å². The second kappa shape index (κ2) is 5.58. The minimum Gasteiger partial charge on any atom is -0.478 e. The lowest BCUT2D eigenvalue weighted by atomic mass is 10.1. The third-order valence-corrected chi connectivity index (χ3v) is 3.27. The molecule has 0 saturated carbocycles. The minimum atomic E-state index is -0.969. The van der Waals surface area contributed by atoms with Crippen LogP contribution in [0, 0.1) is 11.3 Å². The first-order valence-electron chi connectivity index (χ1n) is 6.62. The molecule has 0 bridgehead atoms. The summed E-state index contributed by atoms with van der Waals surface area (Å²) in [6.07, 6.45) is 0. The van der Waals surface area contributed by atoms with Crippen molar-refractivity contribution in [3.8, 4) is 6.07 Å². The lowest BCUT2D eigenvalue weighted by Crippen LogP contribution is -2.00. The molecule has 1 aromatic heterocycles. The quantitative estimate of drug-likeness (QED) is 0.686. The molecule has 2 aromatic carbocycles. The molecule has 108 valence electrons. The molecule has 0 unspecified atom stereocenters. The third-order valence-electron chi connectivity index (χ3n) is 3.27. The Bertz CT molecular complexity index is 875. The Hall–Kier alpha value is -3.33. The zero-order valence-corrected chi connectivity index (χ0v) is 11.5. The number of nitriles is 1. The van der Waals surface area contributed by atoms with E-state index in [1.807, 2.05) is 12.1 Å². The lowest BCUT2D eigenvalue weighted by Gasteiger charge is -2.02. The molecular weight excluding hydrogens is 280 g/mol. The Labute approximate surface area is 126 Å². The summed E-state index contributed by atoms with van der Waals surface area (Å²) in [7, 11) is 0. The molecule has 0 radical (unpaired) electrons. The maximum atomic E-state index is 10.9. The summed E-state index contributed by atoms with van der Waals surface area (Å²) in [5.41, 5.74) is 3.23. The van der Waals surface area contributed by atoms with Gasteiger partial charge in [-0.1, -0.05) is 12.1 Å². The van der Waals surface area contributed by atoms with E-state index in [0.29, 0.717) is 29.1 Å². The number of rotatable bonds is 4. The minimum absolute atomic E-state index is 0.217. The number of hydrogen-bond donors (Lipinski definition) is 3. The van der Waals surface area contributed by atoms with Crippen molar-refractivity contribution < 1.29 is 9.90 Å². The fourth-order valence-electron chi connectivity index (χ4n) is 2.11. The van der Waals surface area contributed by atoms with Crippen LogP contribution in [0.15, 0.2) is 42.5 Å². The van der Waals surface area contributed by atoms with Gasteiger partial charge in [-0.25, -0.2) is 9.78 Å². The van der Waals surface area contributed by atoms with Crippen molar-refractivity contribution in [2.75, 3.05) is 5.32 Å². The molecule has 0 saturated heterocycles. The predicted molar refractivity (Wildman–Crippen MR) is 81.5 cm³/mol. The van der Waals surface area contributed by atoms with Crippen LogP contribution in [0.1, 0.15) is 21.5 Å². The van der Waals surface area contributed by atoms with Gasteiger partial charge in [0.2, 0.25) is 5.95 Å². The molecule has 6 heteroatoms. The van der Waals surface area contributed by atoms with E-state index in [1.54, 1.807) is 24.3 Å². The number of aromatic nitrogens is 2. The van der Waals surface area contributed by atoms with Crippen LogP contribution < -0.4 is 5.32 Å². The molecule has 22 heavy (non-hydrogen) atoms. The number of aromatic amines is 1. The molecule has 0 aliphatic carbocycles. The summed E-state index contributed by atoms with van der Waals surface area (Å²) in [6, 6.07) is 14.1. The van der Waals surface area contributed by atoms with E-state index in [4.69, 9.17) is 10.4 Å². The zero-order chi connectivity index (χ0) is 15.5. The van der Waals surface area contributed by atoms with Gasteiger partial charge in [0, 0.05) is 6.54 Å². The average molecular weight is 292 g/mol. The number of anilines is 1. The molecule has 3 aromatic rings. The first-order valence-corrected chi connectivity index (χ1v) is 6.62. The maximum absolute atomic E-state index is 10.9. The van der Waals surface area contributed by atoms with Gasteiger partial charge in [-0.3, -0.25) is 0 Å². The van der Waals surface area contributed by atoms with Crippen LogP contribution in [0.25, 0.3) is 11.0 Å². The first kappa shape index (κ1) is 13.6. The number of hydrogen-bond acceptors (Lipinski definition) is 4. The summed E-state index contributed by atoms with van der Waals surface area (Å²) in [5, 5.41) is 20.9. The van der Waals surface area contributed by atoms with Crippen molar-refractivity contribution in [1.82, 2.24) is 9.97 Å². The Balaban J connectivity index is 1.76. The molecule has 0 spiro atoms. The summed E-state index contributed by atoms with van der Waals surface area (Å²) >= 11 is 0. The standard InChI is InChI=1S/C16H12N4O2/c17-8-10-1-3-11(4-2-10)9-18-16-19-13-6-5-12(15(21)22)7-14(13)20-16/h1-7H,9H2,(H,21,22)(H2,18,19,20). The van der Waals surface area contributed by atoms with E-state index < -0.39 is 5.97 Å². The molecule has 0 atom stereocenters. The molecule has 3 rings (SSSR count). The number of aromatic carboxylic acids is 1. The van der Waals surface area contributed by atoms with Crippen LogP contribution in [0.5, 0.6) is 0 Å². The van der Waals surface area contributed by atoms with Gasteiger partial charge in [-0.15, -0.1) is 0 Å². The van der Waals surface area contributed by atoms with Crippen LogP contribution in [0.4, 0.5) is 5.95 Å². The number of imidazole rings is 1. The molecule has 0 fully saturated rings. The van der Waals surface area contributed by atoms with E-state index in [-0.39, 0.29) is 5.56 Å².